The van der Waals surface area contributed by atoms with Crippen molar-refractivity contribution in [3.63, 3.8) is 0 Å². The third kappa shape index (κ3) is 6.63. The molecule has 0 aliphatic carbocycles. The second kappa shape index (κ2) is 10.8. The summed E-state index contributed by atoms with van der Waals surface area (Å²) in [6, 6.07) is 14.1. The van der Waals surface area contributed by atoms with Crippen LogP contribution in [-0.2, 0) is 9.53 Å². The van der Waals surface area contributed by atoms with Crippen molar-refractivity contribution in [2.24, 2.45) is 0 Å². The Morgan fingerprint density at radius 3 is 2.44 bits per heavy atom. The molecule has 2 rings (SSSR count). The number of carbonyl (C=O) groups excluding carboxylic acids is 2. The molecule has 0 saturated carbocycles. The molecule has 0 saturated heterocycles. The summed E-state index contributed by atoms with van der Waals surface area (Å²) in [5, 5.41) is 8.40. The molecule has 0 aromatic heterocycles. The molecule has 0 atom stereocenters. The Morgan fingerprint density at radius 1 is 1.00 bits per heavy atom. The summed E-state index contributed by atoms with van der Waals surface area (Å²) < 4.78 is 10.9. The van der Waals surface area contributed by atoms with E-state index in [9.17, 15) is 9.59 Å². The fourth-order valence-corrected chi connectivity index (χ4v) is 2.32. The summed E-state index contributed by atoms with van der Waals surface area (Å²) >= 11 is 0. The van der Waals surface area contributed by atoms with Crippen molar-refractivity contribution < 1.29 is 19.1 Å². The highest BCUT2D eigenvalue weighted by Crippen LogP contribution is 2.23. The number of para-hydroxylation sites is 2. The molecule has 0 radical (unpaired) electrons. The fraction of sp³-hybridized carbons (Fsp3) is 0.300. The van der Waals surface area contributed by atoms with Crippen molar-refractivity contribution in [2.45, 2.75) is 6.92 Å². The maximum atomic E-state index is 12.2. The van der Waals surface area contributed by atoms with E-state index in [0.717, 1.165) is 5.69 Å². The first-order valence-electron chi connectivity index (χ1n) is 8.79. The zero-order chi connectivity index (χ0) is 19.5. The average molecular weight is 371 g/mol. The monoisotopic (exact) mass is 371 g/mol. The van der Waals surface area contributed by atoms with Crippen LogP contribution in [0, 0.1) is 0 Å². The standard InChI is InChI=1S/C20H25N3O4/c1-3-26-12-13-27-18-7-5-4-6-17(18)22-14-19(24)23-16-10-8-15(9-11-16)20(25)21-2/h4-11,22H,3,12-14H2,1-2H3,(H,21,25)(H,23,24). The molecule has 0 fully saturated rings. The lowest BCUT2D eigenvalue weighted by Gasteiger charge is -2.13. The first-order chi connectivity index (χ1) is 13.1. The van der Waals surface area contributed by atoms with Crippen LogP contribution in [0.4, 0.5) is 11.4 Å². The van der Waals surface area contributed by atoms with Gasteiger partial charge in [0.2, 0.25) is 5.91 Å². The molecule has 0 unspecified atom stereocenters. The molecular formula is C20H25N3O4. The molecule has 2 amide bonds. The quantitative estimate of drug-likeness (QED) is 0.559. The number of anilines is 2. The van der Waals surface area contributed by atoms with Gasteiger partial charge in [-0.15, -0.1) is 0 Å². The van der Waals surface area contributed by atoms with Crippen molar-refractivity contribution in [3.8, 4) is 5.75 Å². The molecule has 27 heavy (non-hydrogen) atoms. The molecule has 7 heteroatoms. The van der Waals surface area contributed by atoms with Gasteiger partial charge in [-0.25, -0.2) is 0 Å². The van der Waals surface area contributed by atoms with Crippen LogP contribution >= 0.6 is 0 Å². The van der Waals surface area contributed by atoms with E-state index in [2.05, 4.69) is 16.0 Å². The highest BCUT2D eigenvalue weighted by Gasteiger charge is 2.07. The van der Waals surface area contributed by atoms with E-state index in [4.69, 9.17) is 9.47 Å². The molecule has 2 aromatic carbocycles. The zero-order valence-electron chi connectivity index (χ0n) is 15.6. The van der Waals surface area contributed by atoms with Gasteiger partial charge < -0.3 is 25.4 Å². The van der Waals surface area contributed by atoms with E-state index < -0.39 is 0 Å². The van der Waals surface area contributed by atoms with E-state index in [1.165, 1.54) is 0 Å². The van der Waals surface area contributed by atoms with Crippen LogP contribution in [0.15, 0.2) is 48.5 Å². The van der Waals surface area contributed by atoms with E-state index >= 15 is 0 Å². The fourth-order valence-electron chi connectivity index (χ4n) is 2.32. The van der Waals surface area contributed by atoms with Crippen LogP contribution < -0.4 is 20.7 Å². The van der Waals surface area contributed by atoms with E-state index in [1.807, 2.05) is 31.2 Å². The Balaban J connectivity index is 1.85. The maximum absolute atomic E-state index is 12.2. The summed E-state index contributed by atoms with van der Waals surface area (Å²) in [5.74, 6) is 0.294. The van der Waals surface area contributed by atoms with Gasteiger partial charge in [0.15, 0.2) is 0 Å². The van der Waals surface area contributed by atoms with Crippen LogP contribution in [0.1, 0.15) is 17.3 Å². The van der Waals surface area contributed by atoms with Crippen LogP contribution in [0.25, 0.3) is 0 Å². The number of rotatable bonds is 10. The molecular weight excluding hydrogens is 346 g/mol. The Kier molecular flexibility index (Phi) is 8.12. The topological polar surface area (TPSA) is 88.7 Å². The Bertz CT molecular complexity index is 747. The minimum Gasteiger partial charge on any atom is -0.489 e. The SMILES string of the molecule is CCOCCOc1ccccc1NCC(=O)Nc1ccc(C(=O)NC)cc1. The smallest absolute Gasteiger partial charge is 0.251 e. The van der Waals surface area contributed by atoms with E-state index in [-0.39, 0.29) is 18.4 Å². The Labute approximate surface area is 159 Å². The number of benzene rings is 2. The molecule has 0 aliphatic heterocycles. The van der Waals surface area contributed by atoms with Gasteiger partial charge in [-0.2, -0.15) is 0 Å². The van der Waals surface area contributed by atoms with Crippen LogP contribution in [-0.4, -0.2) is 45.2 Å². The Morgan fingerprint density at radius 2 is 1.74 bits per heavy atom. The lowest BCUT2D eigenvalue weighted by molar-refractivity contribution is -0.114. The Hall–Kier alpha value is -3.06. The average Bonchev–Trinajstić information content (AvgIpc) is 2.70. The molecule has 7 nitrogen and oxygen atoms in total. The molecule has 0 bridgehead atoms. The van der Waals surface area contributed by atoms with Gasteiger partial charge in [0.25, 0.3) is 5.91 Å². The molecule has 0 spiro atoms. The second-order valence-electron chi connectivity index (χ2n) is 5.60. The van der Waals surface area contributed by atoms with Crippen molar-refractivity contribution in [3.05, 3.63) is 54.1 Å². The van der Waals surface area contributed by atoms with Gasteiger partial charge in [-0.1, -0.05) is 12.1 Å². The van der Waals surface area contributed by atoms with Crippen LogP contribution in [0.3, 0.4) is 0 Å². The molecule has 0 aliphatic rings. The summed E-state index contributed by atoms with van der Waals surface area (Å²) in [6.07, 6.45) is 0. The highest BCUT2D eigenvalue weighted by molar-refractivity contribution is 5.96. The van der Waals surface area contributed by atoms with Gasteiger partial charge in [-0.3, -0.25) is 9.59 Å². The van der Waals surface area contributed by atoms with Gasteiger partial charge in [0.1, 0.15) is 12.4 Å². The normalized spacial score (nSPS) is 10.1. The van der Waals surface area contributed by atoms with Gasteiger partial charge in [-0.05, 0) is 43.3 Å². The van der Waals surface area contributed by atoms with Crippen LogP contribution in [0.2, 0.25) is 0 Å². The summed E-state index contributed by atoms with van der Waals surface area (Å²) in [5.41, 5.74) is 1.89. The zero-order valence-corrected chi connectivity index (χ0v) is 15.6. The van der Waals surface area contributed by atoms with Gasteiger partial charge in [0.05, 0.1) is 18.8 Å². The first kappa shape index (κ1) is 20.3. The highest BCUT2D eigenvalue weighted by atomic mass is 16.5. The second-order valence-corrected chi connectivity index (χ2v) is 5.60. The molecule has 3 N–H and O–H groups in total. The minimum absolute atomic E-state index is 0.0863. The lowest BCUT2D eigenvalue weighted by Crippen LogP contribution is -2.22. The van der Waals surface area contributed by atoms with Gasteiger partial charge >= 0.3 is 0 Å². The lowest BCUT2D eigenvalue weighted by atomic mass is 10.2. The number of carbonyl (C=O) groups is 2. The van der Waals surface area contributed by atoms with Crippen molar-refractivity contribution in [2.75, 3.05) is 44.0 Å². The number of ether oxygens (including phenoxy) is 2. The van der Waals surface area contributed by atoms with Crippen molar-refractivity contribution in [1.29, 1.82) is 0 Å². The molecule has 144 valence electrons. The van der Waals surface area contributed by atoms with Gasteiger partial charge in [0, 0.05) is 24.9 Å². The summed E-state index contributed by atoms with van der Waals surface area (Å²) in [6.45, 7) is 3.62. The third-order valence-electron chi connectivity index (χ3n) is 3.67. The predicted octanol–water partition coefficient (Wildman–Crippen LogP) is 2.51. The number of hydrogen-bond acceptors (Lipinski definition) is 5. The van der Waals surface area contributed by atoms with Crippen molar-refractivity contribution in [1.82, 2.24) is 5.32 Å². The number of hydrogen-bond donors (Lipinski definition) is 3. The summed E-state index contributed by atoms with van der Waals surface area (Å²) in [4.78, 5) is 23.7. The minimum atomic E-state index is -0.202. The first-order valence-corrected chi connectivity index (χ1v) is 8.79. The van der Waals surface area contributed by atoms with Crippen molar-refractivity contribution >= 4 is 23.2 Å². The molecule has 2 aromatic rings. The van der Waals surface area contributed by atoms with Crippen LogP contribution in [0.5, 0.6) is 5.75 Å². The number of nitrogens with one attached hydrogen (secondary N) is 3. The largest absolute Gasteiger partial charge is 0.489 e. The predicted molar refractivity (Wildman–Crippen MR) is 105 cm³/mol. The maximum Gasteiger partial charge on any atom is 0.251 e. The van der Waals surface area contributed by atoms with E-state index in [0.29, 0.717) is 36.8 Å². The number of amides is 2. The molecule has 0 heterocycles. The summed E-state index contributed by atoms with van der Waals surface area (Å²) in [7, 11) is 1.57. The third-order valence-corrected chi connectivity index (χ3v) is 3.67. The van der Waals surface area contributed by atoms with E-state index in [1.54, 1.807) is 31.3 Å².